The highest BCUT2D eigenvalue weighted by Gasteiger charge is 2.59. The molecule has 106 valence electrons. The molecule has 2 aliphatic heterocycles. The van der Waals surface area contributed by atoms with E-state index in [1.54, 1.807) is 0 Å². The van der Waals surface area contributed by atoms with Crippen LogP contribution >= 0.6 is 0 Å². The SMILES string of the molecule is CC1CCN(C2(CN)CC(C)(C)OC2(C)C)CC1. The molecule has 2 N–H and O–H groups in total. The molecule has 3 heteroatoms. The van der Waals surface area contributed by atoms with Gasteiger partial charge in [0.1, 0.15) is 0 Å². The molecule has 0 spiro atoms. The summed E-state index contributed by atoms with van der Waals surface area (Å²) < 4.78 is 6.30. The third-order valence-electron chi connectivity index (χ3n) is 5.10. The molecule has 2 saturated heterocycles. The molecule has 0 aromatic heterocycles. The van der Waals surface area contributed by atoms with Crippen molar-refractivity contribution in [3.63, 3.8) is 0 Å². The van der Waals surface area contributed by atoms with Crippen LogP contribution in [0, 0.1) is 5.92 Å². The molecule has 2 fully saturated rings. The van der Waals surface area contributed by atoms with E-state index in [2.05, 4.69) is 39.5 Å². The number of nitrogens with zero attached hydrogens (tertiary/aromatic N) is 1. The predicted octanol–water partition coefficient (Wildman–Crippen LogP) is 2.39. The number of likely N-dealkylation sites (tertiary alicyclic amines) is 1. The fourth-order valence-corrected chi connectivity index (χ4v) is 4.12. The Morgan fingerprint density at radius 3 is 2.11 bits per heavy atom. The number of nitrogens with two attached hydrogens (primary N) is 1. The fourth-order valence-electron chi connectivity index (χ4n) is 4.12. The fraction of sp³-hybridized carbons (Fsp3) is 1.00. The zero-order valence-corrected chi connectivity index (χ0v) is 12.8. The molecule has 2 aliphatic rings. The van der Waals surface area contributed by atoms with Crippen LogP contribution in [0.15, 0.2) is 0 Å². The Hall–Kier alpha value is -0.120. The van der Waals surface area contributed by atoms with Crippen LogP contribution in [0.25, 0.3) is 0 Å². The molecule has 0 amide bonds. The van der Waals surface area contributed by atoms with E-state index in [1.807, 2.05) is 0 Å². The topological polar surface area (TPSA) is 38.5 Å². The number of hydrogen-bond donors (Lipinski definition) is 1. The van der Waals surface area contributed by atoms with Crippen molar-refractivity contribution in [1.82, 2.24) is 4.90 Å². The molecule has 1 atom stereocenters. The van der Waals surface area contributed by atoms with Gasteiger partial charge in [0, 0.05) is 6.54 Å². The van der Waals surface area contributed by atoms with Crippen molar-refractivity contribution in [2.75, 3.05) is 19.6 Å². The summed E-state index contributed by atoms with van der Waals surface area (Å²) in [6.07, 6.45) is 3.62. The van der Waals surface area contributed by atoms with E-state index in [0.29, 0.717) is 6.54 Å². The minimum atomic E-state index is -0.161. The highest BCUT2D eigenvalue weighted by molar-refractivity contribution is 5.13. The van der Waals surface area contributed by atoms with Gasteiger partial charge < -0.3 is 10.5 Å². The highest BCUT2D eigenvalue weighted by Crippen LogP contribution is 2.48. The van der Waals surface area contributed by atoms with Gasteiger partial charge in [-0.05, 0) is 66.0 Å². The molecule has 18 heavy (non-hydrogen) atoms. The molecule has 1 unspecified atom stereocenters. The first kappa shape index (κ1) is 14.3. The minimum Gasteiger partial charge on any atom is -0.368 e. The Bertz CT molecular complexity index is 306. The molecule has 0 aliphatic carbocycles. The lowest BCUT2D eigenvalue weighted by molar-refractivity contribution is -0.108. The van der Waals surface area contributed by atoms with Gasteiger partial charge in [-0.2, -0.15) is 0 Å². The van der Waals surface area contributed by atoms with Crippen LogP contribution in [0.5, 0.6) is 0 Å². The number of hydrogen-bond acceptors (Lipinski definition) is 3. The lowest BCUT2D eigenvalue weighted by Crippen LogP contribution is -2.64. The Labute approximate surface area is 112 Å². The van der Waals surface area contributed by atoms with E-state index >= 15 is 0 Å². The van der Waals surface area contributed by atoms with Crippen molar-refractivity contribution in [1.29, 1.82) is 0 Å². The van der Waals surface area contributed by atoms with Crippen molar-refractivity contribution >= 4 is 0 Å². The Kier molecular flexibility index (Phi) is 3.54. The normalized spacial score (nSPS) is 37.0. The van der Waals surface area contributed by atoms with Crippen LogP contribution in [-0.4, -0.2) is 41.3 Å². The molecular formula is C15H30N2O. The second-order valence-corrected chi connectivity index (χ2v) is 7.45. The van der Waals surface area contributed by atoms with E-state index in [4.69, 9.17) is 10.5 Å². The second kappa shape index (κ2) is 4.46. The van der Waals surface area contributed by atoms with Crippen molar-refractivity contribution < 1.29 is 4.74 Å². The third-order valence-corrected chi connectivity index (χ3v) is 5.10. The molecule has 0 radical (unpaired) electrons. The zero-order valence-electron chi connectivity index (χ0n) is 12.8. The highest BCUT2D eigenvalue weighted by atomic mass is 16.5. The van der Waals surface area contributed by atoms with Gasteiger partial charge in [0.05, 0.1) is 16.7 Å². The summed E-state index contributed by atoms with van der Waals surface area (Å²) in [6.45, 7) is 14.2. The van der Waals surface area contributed by atoms with Crippen molar-refractivity contribution in [2.45, 2.75) is 70.6 Å². The summed E-state index contributed by atoms with van der Waals surface area (Å²) in [6, 6.07) is 0. The number of piperidine rings is 1. The number of rotatable bonds is 2. The van der Waals surface area contributed by atoms with Crippen LogP contribution in [0.2, 0.25) is 0 Å². The van der Waals surface area contributed by atoms with Gasteiger partial charge in [0.15, 0.2) is 0 Å². The maximum absolute atomic E-state index is 6.30. The predicted molar refractivity (Wildman–Crippen MR) is 75.6 cm³/mol. The van der Waals surface area contributed by atoms with Gasteiger partial charge in [0.25, 0.3) is 0 Å². The first-order valence-electron chi connectivity index (χ1n) is 7.38. The Balaban J connectivity index is 2.25. The monoisotopic (exact) mass is 254 g/mol. The Morgan fingerprint density at radius 1 is 1.17 bits per heavy atom. The van der Waals surface area contributed by atoms with Crippen LogP contribution < -0.4 is 5.73 Å². The molecule has 2 heterocycles. The van der Waals surface area contributed by atoms with E-state index in [-0.39, 0.29) is 16.7 Å². The molecule has 0 saturated carbocycles. The second-order valence-electron chi connectivity index (χ2n) is 7.45. The number of ether oxygens (including phenoxy) is 1. The molecule has 0 aromatic rings. The van der Waals surface area contributed by atoms with Gasteiger partial charge in [0.2, 0.25) is 0 Å². The summed E-state index contributed by atoms with van der Waals surface area (Å²) in [5, 5.41) is 0. The average Bonchev–Trinajstić information content (AvgIpc) is 2.44. The van der Waals surface area contributed by atoms with Crippen molar-refractivity contribution in [3.8, 4) is 0 Å². The van der Waals surface area contributed by atoms with Crippen LogP contribution in [-0.2, 0) is 4.74 Å². The van der Waals surface area contributed by atoms with Crippen LogP contribution in [0.1, 0.15) is 53.9 Å². The Morgan fingerprint density at radius 2 is 1.72 bits per heavy atom. The van der Waals surface area contributed by atoms with E-state index in [1.165, 1.54) is 25.9 Å². The van der Waals surface area contributed by atoms with Crippen molar-refractivity contribution in [3.05, 3.63) is 0 Å². The largest absolute Gasteiger partial charge is 0.368 e. The summed E-state index contributed by atoms with van der Waals surface area (Å²) in [7, 11) is 0. The molecular weight excluding hydrogens is 224 g/mol. The quantitative estimate of drug-likeness (QED) is 0.822. The van der Waals surface area contributed by atoms with Crippen LogP contribution in [0.3, 0.4) is 0 Å². The molecule has 0 bridgehead atoms. The summed E-state index contributed by atoms with van der Waals surface area (Å²) in [4.78, 5) is 2.61. The minimum absolute atomic E-state index is 0.0106. The van der Waals surface area contributed by atoms with Crippen molar-refractivity contribution in [2.24, 2.45) is 11.7 Å². The van der Waals surface area contributed by atoms with Gasteiger partial charge in [-0.25, -0.2) is 0 Å². The maximum atomic E-state index is 6.30. The first-order chi connectivity index (χ1) is 8.22. The lowest BCUT2D eigenvalue weighted by atomic mass is 9.76. The van der Waals surface area contributed by atoms with Gasteiger partial charge >= 0.3 is 0 Å². The van der Waals surface area contributed by atoms with Gasteiger partial charge in [-0.1, -0.05) is 6.92 Å². The van der Waals surface area contributed by atoms with Gasteiger partial charge in [-0.15, -0.1) is 0 Å². The van der Waals surface area contributed by atoms with Crippen LogP contribution in [0.4, 0.5) is 0 Å². The van der Waals surface area contributed by atoms with E-state index in [9.17, 15) is 0 Å². The molecule has 0 aromatic carbocycles. The summed E-state index contributed by atoms with van der Waals surface area (Å²) >= 11 is 0. The summed E-state index contributed by atoms with van der Waals surface area (Å²) in [5.74, 6) is 0.856. The average molecular weight is 254 g/mol. The maximum Gasteiger partial charge on any atom is 0.0830 e. The summed E-state index contributed by atoms with van der Waals surface area (Å²) in [5.41, 5.74) is 6.00. The smallest absolute Gasteiger partial charge is 0.0830 e. The molecule has 3 nitrogen and oxygen atoms in total. The van der Waals surface area contributed by atoms with E-state index < -0.39 is 0 Å². The third kappa shape index (κ3) is 2.21. The lowest BCUT2D eigenvalue weighted by Gasteiger charge is -2.50. The first-order valence-corrected chi connectivity index (χ1v) is 7.38. The standard InChI is InChI=1S/C15H30N2O/c1-12-6-8-17(9-7-12)15(11-16)10-13(2,3)18-14(15,4)5/h12H,6-11,16H2,1-5H3. The van der Waals surface area contributed by atoms with E-state index in [0.717, 1.165) is 12.3 Å². The molecule has 2 rings (SSSR count). The van der Waals surface area contributed by atoms with Gasteiger partial charge in [-0.3, -0.25) is 4.90 Å². The zero-order chi connectivity index (χ0) is 13.6.